The second-order valence-corrected chi connectivity index (χ2v) is 2.34. The summed E-state index contributed by atoms with van der Waals surface area (Å²) >= 11 is 4.86. The molecule has 0 aromatic rings. The molecule has 0 aromatic carbocycles. The molecule has 0 fully saturated rings. The molecular formula is C10H14S. The van der Waals surface area contributed by atoms with Gasteiger partial charge >= 0.3 is 0 Å². The lowest BCUT2D eigenvalue weighted by Crippen LogP contribution is -1.85. The molecule has 1 heteroatoms. The molecular weight excluding hydrogens is 152 g/mol. The van der Waals surface area contributed by atoms with Crippen LogP contribution >= 0.6 is 12.2 Å². The van der Waals surface area contributed by atoms with Gasteiger partial charge < -0.3 is 0 Å². The molecule has 0 rings (SSSR count). The molecule has 0 spiro atoms. The van der Waals surface area contributed by atoms with Gasteiger partial charge in [0.2, 0.25) is 0 Å². The second kappa shape index (κ2) is 6.05. The van der Waals surface area contributed by atoms with Gasteiger partial charge in [0.25, 0.3) is 0 Å². The van der Waals surface area contributed by atoms with Crippen molar-refractivity contribution in [1.29, 1.82) is 0 Å². The summed E-state index contributed by atoms with van der Waals surface area (Å²) in [4.78, 5) is 0. The molecule has 0 aromatic heterocycles. The van der Waals surface area contributed by atoms with E-state index in [0.29, 0.717) is 0 Å². The van der Waals surface area contributed by atoms with Crippen molar-refractivity contribution in [2.24, 2.45) is 0 Å². The van der Waals surface area contributed by atoms with Crippen molar-refractivity contribution >= 4 is 17.6 Å². The third-order valence-electron chi connectivity index (χ3n) is 1.43. The fraction of sp³-hybridized carbons (Fsp3) is 0.300. The van der Waals surface area contributed by atoms with Crippen LogP contribution in [0.3, 0.4) is 0 Å². The Labute approximate surface area is 74.3 Å². The van der Waals surface area contributed by atoms with E-state index < -0.39 is 0 Å². The Morgan fingerprint density at radius 3 is 1.82 bits per heavy atom. The smallest absolute Gasteiger partial charge is 0.00887 e. The molecule has 60 valence electrons. The zero-order chi connectivity index (χ0) is 8.69. The van der Waals surface area contributed by atoms with E-state index in [9.17, 15) is 0 Å². The normalized spacial score (nSPS) is 14.1. The van der Waals surface area contributed by atoms with E-state index in [2.05, 4.69) is 12.2 Å². The van der Waals surface area contributed by atoms with Crippen molar-refractivity contribution in [1.82, 2.24) is 0 Å². The first kappa shape index (κ1) is 10.3. The minimum Gasteiger partial charge on any atom is -0.0881 e. The summed E-state index contributed by atoms with van der Waals surface area (Å²) in [6, 6.07) is 0. The van der Waals surface area contributed by atoms with Crippen LogP contribution in [0.4, 0.5) is 0 Å². The largest absolute Gasteiger partial charge is 0.0881 e. The van der Waals surface area contributed by atoms with Gasteiger partial charge in [-0.1, -0.05) is 36.5 Å². The van der Waals surface area contributed by atoms with Crippen molar-refractivity contribution in [2.45, 2.75) is 20.8 Å². The molecule has 0 aliphatic rings. The molecule has 0 aliphatic carbocycles. The maximum Gasteiger partial charge on any atom is 0.00887 e. The number of thiocarbonyl (C=S) groups is 1. The molecule has 0 atom stereocenters. The minimum absolute atomic E-state index is 1.11. The van der Waals surface area contributed by atoms with Gasteiger partial charge in [0.1, 0.15) is 0 Å². The quantitative estimate of drug-likeness (QED) is 0.351. The fourth-order valence-electron chi connectivity index (χ4n) is 0.841. The summed E-state index contributed by atoms with van der Waals surface area (Å²) in [5.41, 5.74) is 2.30. The Bertz CT molecular complexity index is 207. The SMILES string of the molecule is C\C=C/C(=C/C)C(/C=S)=C\C. The van der Waals surface area contributed by atoms with E-state index in [1.807, 2.05) is 32.9 Å². The molecule has 11 heavy (non-hydrogen) atoms. The van der Waals surface area contributed by atoms with Crippen molar-refractivity contribution in [3.05, 3.63) is 35.5 Å². The lowest BCUT2D eigenvalue weighted by molar-refractivity contribution is 1.51. The first-order chi connectivity index (χ1) is 5.29. The predicted molar refractivity (Wildman–Crippen MR) is 56.0 cm³/mol. The van der Waals surface area contributed by atoms with Crippen LogP contribution in [0, 0.1) is 0 Å². The highest BCUT2D eigenvalue weighted by Gasteiger charge is 1.93. The summed E-state index contributed by atoms with van der Waals surface area (Å²) < 4.78 is 0. The highest BCUT2D eigenvalue weighted by Crippen LogP contribution is 2.09. The summed E-state index contributed by atoms with van der Waals surface area (Å²) in [5, 5.41) is 1.70. The summed E-state index contributed by atoms with van der Waals surface area (Å²) in [7, 11) is 0. The van der Waals surface area contributed by atoms with E-state index in [1.54, 1.807) is 5.37 Å². The number of rotatable bonds is 3. The van der Waals surface area contributed by atoms with E-state index in [1.165, 1.54) is 5.57 Å². The van der Waals surface area contributed by atoms with Crippen molar-refractivity contribution in [2.75, 3.05) is 0 Å². The van der Waals surface area contributed by atoms with Gasteiger partial charge in [0.15, 0.2) is 0 Å². The molecule has 0 radical (unpaired) electrons. The van der Waals surface area contributed by atoms with Gasteiger partial charge in [0, 0.05) is 5.37 Å². The monoisotopic (exact) mass is 166 g/mol. The Morgan fingerprint density at radius 2 is 1.55 bits per heavy atom. The molecule has 0 saturated carbocycles. The number of hydrogen-bond donors (Lipinski definition) is 0. The maximum absolute atomic E-state index is 4.86. The molecule has 0 amide bonds. The van der Waals surface area contributed by atoms with Gasteiger partial charge in [-0.25, -0.2) is 0 Å². The maximum atomic E-state index is 4.86. The van der Waals surface area contributed by atoms with Gasteiger partial charge in [-0.05, 0) is 31.9 Å². The van der Waals surface area contributed by atoms with Gasteiger partial charge in [0.05, 0.1) is 0 Å². The Balaban J connectivity index is 4.64. The molecule has 0 aliphatic heterocycles. The molecule has 0 N–H and O–H groups in total. The number of allylic oxidation sites excluding steroid dienone is 6. The molecule has 0 unspecified atom stereocenters. The third kappa shape index (κ3) is 3.28. The van der Waals surface area contributed by atoms with Gasteiger partial charge in [-0.3, -0.25) is 0 Å². The topological polar surface area (TPSA) is 0 Å². The summed E-state index contributed by atoms with van der Waals surface area (Å²) in [6.07, 6.45) is 8.14. The van der Waals surface area contributed by atoms with Gasteiger partial charge in [-0.2, -0.15) is 0 Å². The first-order valence-electron chi connectivity index (χ1n) is 3.71. The van der Waals surface area contributed by atoms with E-state index in [0.717, 1.165) is 5.57 Å². The minimum atomic E-state index is 1.11. The van der Waals surface area contributed by atoms with Crippen LogP contribution in [-0.4, -0.2) is 5.37 Å². The lowest BCUT2D eigenvalue weighted by atomic mass is 10.1. The summed E-state index contributed by atoms with van der Waals surface area (Å²) in [6.45, 7) is 6.00. The van der Waals surface area contributed by atoms with E-state index >= 15 is 0 Å². The lowest BCUT2D eigenvalue weighted by Gasteiger charge is -1.98. The van der Waals surface area contributed by atoms with Crippen LogP contribution in [0.25, 0.3) is 0 Å². The van der Waals surface area contributed by atoms with Crippen LogP contribution in [0.5, 0.6) is 0 Å². The van der Waals surface area contributed by atoms with Gasteiger partial charge in [-0.15, -0.1) is 0 Å². The van der Waals surface area contributed by atoms with Crippen molar-refractivity contribution in [3.8, 4) is 0 Å². The van der Waals surface area contributed by atoms with Crippen LogP contribution in [0.2, 0.25) is 0 Å². The standard InChI is InChI=1S/C10H14S/c1-4-7-9(5-2)10(6-3)8-11/h4-8H,1-3H3/b7-4-,9-5-,10-6-. The average Bonchev–Trinajstić information content (AvgIpc) is 2.05. The Morgan fingerprint density at radius 1 is 1.00 bits per heavy atom. The zero-order valence-corrected chi connectivity index (χ0v) is 8.11. The Kier molecular flexibility index (Phi) is 5.67. The first-order valence-corrected chi connectivity index (χ1v) is 4.18. The Hall–Kier alpha value is -0.690. The van der Waals surface area contributed by atoms with Crippen LogP contribution in [0.15, 0.2) is 35.5 Å². The van der Waals surface area contributed by atoms with Crippen LogP contribution in [-0.2, 0) is 0 Å². The van der Waals surface area contributed by atoms with Crippen molar-refractivity contribution in [3.63, 3.8) is 0 Å². The highest BCUT2D eigenvalue weighted by atomic mass is 32.1. The number of hydrogen-bond acceptors (Lipinski definition) is 1. The van der Waals surface area contributed by atoms with E-state index in [4.69, 9.17) is 12.2 Å². The average molecular weight is 166 g/mol. The molecule has 0 heterocycles. The second-order valence-electron chi connectivity index (χ2n) is 2.11. The highest BCUT2D eigenvalue weighted by molar-refractivity contribution is 7.79. The summed E-state index contributed by atoms with van der Waals surface area (Å²) in [5.74, 6) is 0. The van der Waals surface area contributed by atoms with Crippen LogP contribution < -0.4 is 0 Å². The predicted octanol–water partition coefficient (Wildman–Crippen LogP) is 3.45. The molecule has 0 nitrogen and oxygen atoms in total. The zero-order valence-electron chi connectivity index (χ0n) is 7.29. The molecule has 0 saturated heterocycles. The fourth-order valence-corrected chi connectivity index (χ4v) is 1.11. The van der Waals surface area contributed by atoms with Crippen LogP contribution in [0.1, 0.15) is 20.8 Å². The third-order valence-corrected chi connectivity index (χ3v) is 1.68. The van der Waals surface area contributed by atoms with E-state index in [-0.39, 0.29) is 0 Å². The molecule has 0 bridgehead atoms. The van der Waals surface area contributed by atoms with Crippen molar-refractivity contribution < 1.29 is 0 Å².